The van der Waals surface area contributed by atoms with Crippen LogP contribution in [0.4, 0.5) is 11.4 Å². The number of benzene rings is 1. The number of hydrogen-bond acceptors (Lipinski definition) is 3. The Balaban J connectivity index is 0.00000161. The summed E-state index contributed by atoms with van der Waals surface area (Å²) in [6.07, 6.45) is 4.75. The van der Waals surface area contributed by atoms with E-state index in [1.807, 2.05) is 18.2 Å². The van der Waals surface area contributed by atoms with Gasteiger partial charge in [0.25, 0.3) is 0 Å². The van der Waals surface area contributed by atoms with Gasteiger partial charge in [-0.05, 0) is 37.0 Å². The van der Waals surface area contributed by atoms with Crippen molar-refractivity contribution in [1.82, 2.24) is 0 Å². The van der Waals surface area contributed by atoms with E-state index in [9.17, 15) is 9.59 Å². The number of fused-ring (bicyclic) bond motifs is 1. The lowest BCUT2D eigenvalue weighted by molar-refractivity contribution is -0.121. The lowest BCUT2D eigenvalue weighted by atomic mass is 9.97. The van der Waals surface area contributed by atoms with Crippen LogP contribution in [-0.4, -0.2) is 17.4 Å². The largest absolute Gasteiger partial charge is 0.326 e. The Morgan fingerprint density at radius 3 is 2.67 bits per heavy atom. The molecule has 1 heterocycles. The second-order valence-corrected chi connectivity index (χ2v) is 5.74. The van der Waals surface area contributed by atoms with Crippen LogP contribution in [0.25, 0.3) is 0 Å². The lowest BCUT2D eigenvalue weighted by Gasteiger charge is -2.23. The summed E-state index contributed by atoms with van der Waals surface area (Å²) in [5.41, 5.74) is 7.97. The van der Waals surface area contributed by atoms with Gasteiger partial charge in [0, 0.05) is 17.8 Å². The predicted molar refractivity (Wildman–Crippen MR) is 84.7 cm³/mol. The molecule has 4 N–H and O–H groups in total. The Hall–Kier alpha value is -1.59. The molecule has 2 amide bonds. The number of rotatable bonds is 2. The van der Waals surface area contributed by atoms with Crippen molar-refractivity contribution in [2.24, 2.45) is 5.73 Å². The first-order valence-corrected chi connectivity index (χ1v) is 7.10. The SMILES string of the molecule is Cl.NC1(C(=O)Nc2ccc3c(c2)NC(=O)CC3)CCCC1. The zero-order valence-corrected chi connectivity index (χ0v) is 12.6. The van der Waals surface area contributed by atoms with E-state index in [2.05, 4.69) is 10.6 Å². The minimum atomic E-state index is -0.737. The summed E-state index contributed by atoms with van der Waals surface area (Å²) in [5.74, 6) is -0.107. The number of amides is 2. The summed E-state index contributed by atoms with van der Waals surface area (Å²) in [6.45, 7) is 0. The molecule has 0 saturated heterocycles. The second kappa shape index (κ2) is 6.03. The summed E-state index contributed by atoms with van der Waals surface area (Å²) >= 11 is 0. The van der Waals surface area contributed by atoms with Gasteiger partial charge in [0.15, 0.2) is 0 Å². The zero-order valence-electron chi connectivity index (χ0n) is 11.8. The number of hydrogen-bond donors (Lipinski definition) is 3. The molecule has 0 atom stereocenters. The maximum absolute atomic E-state index is 12.2. The molecule has 1 fully saturated rings. The Kier molecular flexibility index (Phi) is 4.54. The summed E-state index contributed by atoms with van der Waals surface area (Å²) in [7, 11) is 0. The number of carbonyl (C=O) groups is 2. The van der Waals surface area contributed by atoms with Crippen LogP contribution in [0.3, 0.4) is 0 Å². The molecule has 3 rings (SSSR count). The smallest absolute Gasteiger partial charge is 0.244 e. The maximum atomic E-state index is 12.2. The standard InChI is InChI=1S/C15H19N3O2.ClH/c16-15(7-1-2-8-15)14(20)17-11-5-3-10-4-6-13(19)18-12(10)9-11;/h3,5,9H,1-2,4,6-8,16H2,(H,17,20)(H,18,19);1H. The first-order chi connectivity index (χ1) is 9.57. The van der Waals surface area contributed by atoms with Crippen molar-refractivity contribution in [3.63, 3.8) is 0 Å². The third kappa shape index (κ3) is 3.19. The summed E-state index contributed by atoms with van der Waals surface area (Å²) < 4.78 is 0. The van der Waals surface area contributed by atoms with E-state index in [1.165, 1.54) is 0 Å². The zero-order chi connectivity index (χ0) is 14.2. The molecule has 0 aromatic heterocycles. The van der Waals surface area contributed by atoms with Gasteiger partial charge in [-0.3, -0.25) is 9.59 Å². The highest BCUT2D eigenvalue weighted by Gasteiger charge is 2.37. The quantitative estimate of drug-likeness (QED) is 0.783. The van der Waals surface area contributed by atoms with Crippen molar-refractivity contribution >= 4 is 35.6 Å². The number of anilines is 2. The van der Waals surface area contributed by atoms with Gasteiger partial charge in [0.2, 0.25) is 11.8 Å². The lowest BCUT2D eigenvalue weighted by Crippen LogP contribution is -2.48. The third-order valence-electron chi connectivity index (χ3n) is 4.21. The Morgan fingerprint density at radius 1 is 1.24 bits per heavy atom. The van der Waals surface area contributed by atoms with Gasteiger partial charge in [0.1, 0.15) is 0 Å². The monoisotopic (exact) mass is 309 g/mol. The minimum absolute atomic E-state index is 0. The maximum Gasteiger partial charge on any atom is 0.244 e. The molecule has 1 aromatic carbocycles. The number of nitrogens with two attached hydrogens (primary N) is 1. The Morgan fingerprint density at radius 2 is 1.95 bits per heavy atom. The van der Waals surface area contributed by atoms with Crippen LogP contribution in [0.1, 0.15) is 37.7 Å². The normalized spacial score (nSPS) is 19.2. The molecule has 1 aliphatic carbocycles. The molecule has 114 valence electrons. The second-order valence-electron chi connectivity index (χ2n) is 5.74. The molecule has 0 radical (unpaired) electrons. The molecule has 1 saturated carbocycles. The fourth-order valence-corrected chi connectivity index (χ4v) is 2.94. The molecule has 2 aliphatic rings. The van der Waals surface area contributed by atoms with Crippen molar-refractivity contribution in [1.29, 1.82) is 0 Å². The van der Waals surface area contributed by atoms with E-state index in [0.29, 0.717) is 12.1 Å². The number of aryl methyl sites for hydroxylation is 1. The van der Waals surface area contributed by atoms with Crippen LogP contribution in [0.15, 0.2) is 18.2 Å². The fraction of sp³-hybridized carbons (Fsp3) is 0.467. The number of halogens is 1. The van der Waals surface area contributed by atoms with Crippen molar-refractivity contribution in [2.45, 2.75) is 44.1 Å². The highest BCUT2D eigenvalue weighted by molar-refractivity contribution is 6.00. The Bertz CT molecular complexity index is 568. The topological polar surface area (TPSA) is 84.2 Å². The molecule has 6 heteroatoms. The van der Waals surface area contributed by atoms with Crippen molar-refractivity contribution < 1.29 is 9.59 Å². The highest BCUT2D eigenvalue weighted by Crippen LogP contribution is 2.30. The first-order valence-electron chi connectivity index (χ1n) is 7.10. The van der Waals surface area contributed by atoms with E-state index < -0.39 is 5.54 Å². The molecule has 21 heavy (non-hydrogen) atoms. The predicted octanol–water partition coefficient (Wildman–Crippen LogP) is 2.20. The van der Waals surface area contributed by atoms with Crippen molar-refractivity contribution in [3.05, 3.63) is 23.8 Å². The van der Waals surface area contributed by atoms with Crippen LogP contribution in [-0.2, 0) is 16.0 Å². The van der Waals surface area contributed by atoms with E-state index in [1.54, 1.807) is 0 Å². The molecule has 5 nitrogen and oxygen atoms in total. The summed E-state index contributed by atoms with van der Waals surface area (Å²) in [5, 5.41) is 5.71. The molecule has 0 unspecified atom stereocenters. The van der Waals surface area contributed by atoms with E-state index in [0.717, 1.165) is 43.4 Å². The van der Waals surface area contributed by atoms with Crippen LogP contribution in [0.5, 0.6) is 0 Å². The van der Waals surface area contributed by atoms with Crippen LogP contribution >= 0.6 is 12.4 Å². The van der Waals surface area contributed by atoms with Gasteiger partial charge in [-0.1, -0.05) is 18.9 Å². The average molecular weight is 310 g/mol. The van der Waals surface area contributed by atoms with E-state index in [-0.39, 0.29) is 24.2 Å². The molecule has 1 aliphatic heterocycles. The third-order valence-corrected chi connectivity index (χ3v) is 4.21. The summed E-state index contributed by atoms with van der Waals surface area (Å²) in [4.78, 5) is 23.6. The fourth-order valence-electron chi connectivity index (χ4n) is 2.94. The van der Waals surface area contributed by atoms with Crippen LogP contribution in [0.2, 0.25) is 0 Å². The van der Waals surface area contributed by atoms with Gasteiger partial charge in [-0.2, -0.15) is 0 Å². The van der Waals surface area contributed by atoms with Crippen LogP contribution in [0, 0.1) is 0 Å². The van der Waals surface area contributed by atoms with Crippen molar-refractivity contribution in [2.75, 3.05) is 10.6 Å². The van der Waals surface area contributed by atoms with E-state index in [4.69, 9.17) is 5.73 Å². The van der Waals surface area contributed by atoms with Crippen LogP contribution < -0.4 is 16.4 Å². The molecule has 1 aromatic rings. The first kappa shape index (κ1) is 15.8. The Labute approximate surface area is 130 Å². The van der Waals surface area contributed by atoms with E-state index >= 15 is 0 Å². The number of carbonyl (C=O) groups excluding carboxylic acids is 2. The summed E-state index contributed by atoms with van der Waals surface area (Å²) in [6, 6.07) is 5.62. The van der Waals surface area contributed by atoms with Gasteiger partial charge >= 0.3 is 0 Å². The van der Waals surface area contributed by atoms with Gasteiger partial charge in [-0.25, -0.2) is 0 Å². The van der Waals surface area contributed by atoms with Gasteiger partial charge < -0.3 is 16.4 Å². The van der Waals surface area contributed by atoms with Crippen molar-refractivity contribution in [3.8, 4) is 0 Å². The minimum Gasteiger partial charge on any atom is -0.326 e. The molecule has 0 spiro atoms. The average Bonchev–Trinajstić information content (AvgIpc) is 2.86. The number of nitrogens with one attached hydrogen (secondary N) is 2. The molecular formula is C15H20ClN3O2. The highest BCUT2D eigenvalue weighted by atomic mass is 35.5. The molecule has 0 bridgehead atoms. The molecular weight excluding hydrogens is 290 g/mol. The van der Waals surface area contributed by atoms with Gasteiger partial charge in [0.05, 0.1) is 5.54 Å². The van der Waals surface area contributed by atoms with Gasteiger partial charge in [-0.15, -0.1) is 12.4 Å².